The number of rotatable bonds is 9. The summed E-state index contributed by atoms with van der Waals surface area (Å²) in [6, 6.07) is 17.6. The summed E-state index contributed by atoms with van der Waals surface area (Å²) < 4.78 is 21.5. The highest BCUT2D eigenvalue weighted by Gasteiger charge is 2.24. The van der Waals surface area contributed by atoms with Crippen molar-refractivity contribution in [1.82, 2.24) is 0 Å². The summed E-state index contributed by atoms with van der Waals surface area (Å²) >= 11 is 0. The number of nitrogens with zero attached hydrogens (tertiary/aromatic N) is 2. The number of nitro groups is 1. The smallest absolute Gasteiger partial charge is 0.363 e. The average Bonchev–Trinajstić information content (AvgIpc) is 3.29. The highest BCUT2D eigenvalue weighted by Crippen LogP contribution is 2.30. The van der Waals surface area contributed by atoms with Crippen LogP contribution in [0.2, 0.25) is 0 Å². The zero-order valence-corrected chi connectivity index (χ0v) is 20.5. The number of carbonyl (C=O) groups is 2. The van der Waals surface area contributed by atoms with Crippen LogP contribution >= 0.6 is 0 Å². The second kappa shape index (κ2) is 11.7. The molecule has 0 fully saturated rings. The van der Waals surface area contributed by atoms with Crippen LogP contribution in [0.5, 0.6) is 17.2 Å². The van der Waals surface area contributed by atoms with Crippen LogP contribution in [0.15, 0.2) is 83.5 Å². The number of aliphatic imine (C=N–C) groups is 1. The van der Waals surface area contributed by atoms with Gasteiger partial charge in [-0.1, -0.05) is 18.2 Å². The maximum Gasteiger partial charge on any atom is 0.363 e. The summed E-state index contributed by atoms with van der Waals surface area (Å²) in [5, 5.41) is 10.9. The Morgan fingerprint density at radius 1 is 1.05 bits per heavy atom. The molecule has 0 aliphatic carbocycles. The molecule has 0 atom stereocenters. The first-order valence-electron chi connectivity index (χ1n) is 11.4. The predicted molar refractivity (Wildman–Crippen MR) is 139 cm³/mol. The van der Waals surface area contributed by atoms with Crippen molar-refractivity contribution in [2.45, 2.75) is 6.92 Å². The van der Waals surface area contributed by atoms with Gasteiger partial charge < -0.3 is 18.9 Å². The molecule has 0 saturated carbocycles. The zero-order valence-electron chi connectivity index (χ0n) is 20.5. The molecule has 4 rings (SSSR count). The Morgan fingerprint density at radius 3 is 2.55 bits per heavy atom. The maximum absolute atomic E-state index is 12.4. The van der Waals surface area contributed by atoms with E-state index in [0.717, 1.165) is 6.08 Å². The van der Waals surface area contributed by atoms with Crippen molar-refractivity contribution in [3.05, 3.63) is 105 Å². The number of benzene rings is 3. The highest BCUT2D eigenvalue weighted by atomic mass is 16.6. The van der Waals surface area contributed by atoms with E-state index >= 15 is 0 Å². The summed E-state index contributed by atoms with van der Waals surface area (Å²) in [5.41, 5.74) is 1.68. The van der Waals surface area contributed by atoms with E-state index < -0.39 is 16.9 Å². The van der Waals surface area contributed by atoms with E-state index in [1.54, 1.807) is 56.5 Å². The van der Waals surface area contributed by atoms with Crippen molar-refractivity contribution in [2.24, 2.45) is 4.99 Å². The first-order valence-corrected chi connectivity index (χ1v) is 11.4. The molecule has 10 nitrogen and oxygen atoms in total. The van der Waals surface area contributed by atoms with Crippen molar-refractivity contribution in [3.63, 3.8) is 0 Å². The van der Waals surface area contributed by atoms with Crippen molar-refractivity contribution in [3.8, 4) is 17.2 Å². The summed E-state index contributed by atoms with van der Waals surface area (Å²) in [7, 11) is 1.56. The number of non-ortho nitro benzene ring substituents is 1. The Kier molecular flexibility index (Phi) is 7.92. The van der Waals surface area contributed by atoms with E-state index in [1.165, 1.54) is 36.4 Å². The largest absolute Gasteiger partial charge is 0.497 e. The molecular formula is C28H22N2O8. The van der Waals surface area contributed by atoms with Gasteiger partial charge in [-0.05, 0) is 66.6 Å². The quantitative estimate of drug-likeness (QED) is 0.129. The number of methoxy groups -OCH3 is 1. The molecule has 192 valence electrons. The number of hydrogen-bond donors (Lipinski definition) is 0. The van der Waals surface area contributed by atoms with Gasteiger partial charge in [-0.2, -0.15) is 0 Å². The van der Waals surface area contributed by atoms with Crippen LogP contribution in [0.4, 0.5) is 5.69 Å². The fourth-order valence-electron chi connectivity index (χ4n) is 3.44. The van der Waals surface area contributed by atoms with Crippen molar-refractivity contribution < 1.29 is 33.5 Å². The van der Waals surface area contributed by atoms with Crippen LogP contribution in [-0.2, 0) is 14.3 Å². The molecule has 3 aromatic rings. The Labute approximate surface area is 217 Å². The molecule has 0 spiro atoms. The van der Waals surface area contributed by atoms with E-state index in [4.69, 9.17) is 18.9 Å². The molecule has 10 heteroatoms. The number of carbonyl (C=O) groups excluding carboxylic acids is 2. The first-order chi connectivity index (χ1) is 18.4. The zero-order chi connectivity index (χ0) is 27.1. The standard InChI is InChI=1S/C28H22N2O8/c1-3-36-25-17-19(16-23-28(32)38-27(29-23)20-9-11-22(35-2)12-10-20)7-13-24(25)37-26(31)14-8-18-5-4-6-21(15-18)30(33)34/h4-17H,3H2,1-2H3/b14-8+,23-16-. The average molecular weight is 514 g/mol. The van der Waals surface area contributed by atoms with Gasteiger partial charge in [-0.15, -0.1) is 0 Å². The third-order valence-corrected chi connectivity index (χ3v) is 5.23. The van der Waals surface area contributed by atoms with E-state index in [2.05, 4.69) is 4.99 Å². The second-order valence-electron chi connectivity index (χ2n) is 7.81. The SMILES string of the molecule is CCOc1cc(/C=C2\N=C(c3ccc(OC)cc3)OC2=O)ccc1OC(=O)/C=C/c1cccc([N+](=O)[O-])c1. The molecule has 3 aromatic carbocycles. The minimum absolute atomic E-state index is 0.0875. The van der Waals surface area contributed by atoms with Gasteiger partial charge in [0.1, 0.15) is 5.75 Å². The molecule has 0 amide bonds. The lowest BCUT2D eigenvalue weighted by Crippen LogP contribution is -2.06. The van der Waals surface area contributed by atoms with Gasteiger partial charge in [-0.25, -0.2) is 14.6 Å². The lowest BCUT2D eigenvalue weighted by atomic mass is 10.1. The normalized spacial score (nSPS) is 13.8. The topological polar surface area (TPSA) is 127 Å². The van der Waals surface area contributed by atoms with Gasteiger partial charge in [0, 0.05) is 23.8 Å². The number of nitro benzene ring substituents is 1. The van der Waals surface area contributed by atoms with Crippen LogP contribution in [0, 0.1) is 10.1 Å². The monoisotopic (exact) mass is 514 g/mol. The minimum atomic E-state index is -0.698. The Balaban J connectivity index is 1.51. The van der Waals surface area contributed by atoms with E-state index in [0.29, 0.717) is 29.0 Å². The molecule has 0 radical (unpaired) electrons. The van der Waals surface area contributed by atoms with Crippen LogP contribution in [0.25, 0.3) is 12.2 Å². The Bertz CT molecular complexity index is 1470. The molecule has 1 aliphatic heterocycles. The fourth-order valence-corrected chi connectivity index (χ4v) is 3.44. The molecular weight excluding hydrogens is 492 g/mol. The molecule has 0 aromatic heterocycles. The molecule has 38 heavy (non-hydrogen) atoms. The Hall–Kier alpha value is -5.25. The summed E-state index contributed by atoms with van der Waals surface area (Å²) in [6.45, 7) is 2.08. The highest BCUT2D eigenvalue weighted by molar-refractivity contribution is 6.12. The van der Waals surface area contributed by atoms with Crippen LogP contribution < -0.4 is 14.2 Å². The second-order valence-corrected chi connectivity index (χ2v) is 7.81. The van der Waals surface area contributed by atoms with Gasteiger partial charge in [0.05, 0.1) is 18.6 Å². The van der Waals surface area contributed by atoms with Gasteiger partial charge in [0.25, 0.3) is 5.69 Å². The van der Waals surface area contributed by atoms with Crippen LogP contribution in [0.3, 0.4) is 0 Å². The van der Waals surface area contributed by atoms with E-state index in [-0.39, 0.29) is 28.8 Å². The van der Waals surface area contributed by atoms with Gasteiger partial charge in [-0.3, -0.25) is 10.1 Å². The predicted octanol–water partition coefficient (Wildman–Crippen LogP) is 4.97. The van der Waals surface area contributed by atoms with Crippen LogP contribution in [0.1, 0.15) is 23.6 Å². The lowest BCUT2D eigenvalue weighted by molar-refractivity contribution is -0.384. The number of hydrogen-bond acceptors (Lipinski definition) is 9. The number of esters is 2. The van der Waals surface area contributed by atoms with E-state index in [9.17, 15) is 19.7 Å². The third-order valence-electron chi connectivity index (χ3n) is 5.23. The van der Waals surface area contributed by atoms with Gasteiger partial charge >= 0.3 is 11.9 Å². The van der Waals surface area contributed by atoms with Crippen LogP contribution in [-0.4, -0.2) is 36.5 Å². The molecule has 1 heterocycles. The fraction of sp³-hybridized carbons (Fsp3) is 0.107. The molecule has 0 N–H and O–H groups in total. The van der Waals surface area contributed by atoms with E-state index in [1.807, 2.05) is 0 Å². The molecule has 0 saturated heterocycles. The van der Waals surface area contributed by atoms with Crippen molar-refractivity contribution >= 4 is 35.7 Å². The summed E-state index contributed by atoms with van der Waals surface area (Å²) in [4.78, 5) is 39.5. The van der Waals surface area contributed by atoms with Crippen molar-refractivity contribution in [1.29, 1.82) is 0 Å². The summed E-state index contributed by atoms with van der Waals surface area (Å²) in [6.07, 6.45) is 4.11. The van der Waals surface area contributed by atoms with Crippen molar-refractivity contribution in [2.75, 3.05) is 13.7 Å². The molecule has 1 aliphatic rings. The molecule has 0 bridgehead atoms. The third kappa shape index (κ3) is 6.30. The Morgan fingerprint density at radius 2 is 1.84 bits per heavy atom. The maximum atomic E-state index is 12.4. The minimum Gasteiger partial charge on any atom is -0.497 e. The number of cyclic esters (lactones) is 1. The molecule has 0 unspecified atom stereocenters. The van der Waals surface area contributed by atoms with Gasteiger partial charge in [0.2, 0.25) is 5.90 Å². The number of ether oxygens (including phenoxy) is 4. The van der Waals surface area contributed by atoms with Gasteiger partial charge in [0.15, 0.2) is 17.2 Å². The lowest BCUT2D eigenvalue weighted by Gasteiger charge is -2.10. The summed E-state index contributed by atoms with van der Waals surface area (Å²) in [5.74, 6) is -0.00995. The first kappa shape index (κ1) is 25.8.